The molecule has 6 fully saturated rings. The summed E-state index contributed by atoms with van der Waals surface area (Å²) < 4.78 is 80.1. The average molecular weight is 1230 g/mol. The van der Waals surface area contributed by atoms with Gasteiger partial charge < -0.3 is 158 Å². The Morgan fingerprint density at radius 2 is 0.929 bits per heavy atom. The molecule has 1 aromatic heterocycles. The molecule has 6 aliphatic heterocycles. The molecule has 0 bridgehead atoms. The number of carboxylic acids is 2. The van der Waals surface area contributed by atoms with Crippen LogP contribution in [0.5, 0.6) is 28.7 Å². The third kappa shape index (κ3) is 12.6. The van der Waals surface area contributed by atoms with Crippen LogP contribution in [0.3, 0.4) is 0 Å². The quantitative estimate of drug-likeness (QED) is 0.0633. The van der Waals surface area contributed by atoms with E-state index in [-0.39, 0.29) is 5.56 Å². The maximum Gasteiger partial charge on any atom is 0.335 e. The molecule has 2 aromatic carbocycles. The van der Waals surface area contributed by atoms with Crippen LogP contribution in [0.25, 0.3) is 22.3 Å². The van der Waals surface area contributed by atoms with E-state index in [0.717, 1.165) is 37.4 Å². The molecule has 35 nitrogen and oxygen atoms in total. The number of methoxy groups -OCH3 is 1. The van der Waals surface area contributed by atoms with Crippen molar-refractivity contribution in [1.82, 2.24) is 0 Å². The topological polar surface area (TPSA) is 548 Å². The van der Waals surface area contributed by atoms with E-state index < -0.39 is 248 Å². The molecule has 0 amide bonds. The Morgan fingerprint density at radius 1 is 0.494 bits per heavy atom. The number of rotatable bonds is 16. The summed E-state index contributed by atoms with van der Waals surface area (Å²) in [7, 11) is 1.00. The first-order chi connectivity index (χ1) is 40.1. The minimum absolute atomic E-state index is 0.150. The number of hydrogen-bond donors (Lipinski definition) is 18. The van der Waals surface area contributed by atoms with Crippen molar-refractivity contribution in [2.24, 2.45) is 0 Å². The molecule has 0 unspecified atom stereocenters. The highest BCUT2D eigenvalue weighted by Gasteiger charge is 2.58. The lowest BCUT2D eigenvalue weighted by atomic mass is 9.96. The number of aliphatic hydroxyl groups is 14. The number of fused-ring (bicyclic) bond motifs is 1. The van der Waals surface area contributed by atoms with Gasteiger partial charge in [0, 0.05) is 17.7 Å². The Hall–Kier alpha value is -5.37. The number of carbonyl (C=O) groups is 2. The van der Waals surface area contributed by atoms with Crippen LogP contribution in [0.4, 0.5) is 0 Å². The largest absolute Gasteiger partial charge is 0.504 e. The van der Waals surface area contributed by atoms with Gasteiger partial charge in [-0.3, -0.25) is 4.79 Å². The molecule has 28 atom stereocenters. The van der Waals surface area contributed by atoms with E-state index >= 15 is 0 Å². The molecule has 18 N–H and O–H groups in total. The highest BCUT2D eigenvalue weighted by Crippen LogP contribution is 2.45. The number of aliphatic carboxylic acids is 2. The first kappa shape index (κ1) is 64.1. The lowest BCUT2D eigenvalue weighted by molar-refractivity contribution is -0.374. The van der Waals surface area contributed by atoms with Gasteiger partial charge in [0.1, 0.15) is 114 Å². The molecule has 0 radical (unpaired) electrons. The van der Waals surface area contributed by atoms with Gasteiger partial charge >= 0.3 is 11.9 Å². The number of phenols is 2. The molecule has 0 spiro atoms. The second kappa shape index (κ2) is 25.8. The van der Waals surface area contributed by atoms with Crippen molar-refractivity contribution in [2.75, 3.05) is 20.3 Å². The Balaban J connectivity index is 1.05. The summed E-state index contributed by atoms with van der Waals surface area (Å²) in [4.78, 5) is 39.1. The highest BCUT2D eigenvalue weighted by molar-refractivity contribution is 5.89. The summed E-state index contributed by atoms with van der Waals surface area (Å²) in [6.45, 7) is 1.27. The van der Waals surface area contributed by atoms with E-state index in [1.807, 2.05) is 0 Å². The van der Waals surface area contributed by atoms with Gasteiger partial charge in [0.25, 0.3) is 0 Å². The van der Waals surface area contributed by atoms with Crippen molar-refractivity contribution in [3.8, 4) is 40.1 Å². The van der Waals surface area contributed by atoms with Crippen molar-refractivity contribution < 1.29 is 168 Å². The van der Waals surface area contributed by atoms with Gasteiger partial charge in [0.15, 0.2) is 78.0 Å². The van der Waals surface area contributed by atoms with Crippen LogP contribution in [-0.4, -0.2) is 296 Å². The predicted octanol–water partition coefficient (Wildman–Crippen LogP) is -7.95. The zero-order valence-electron chi connectivity index (χ0n) is 44.5. The van der Waals surface area contributed by atoms with E-state index in [4.69, 9.17) is 66.0 Å². The molecule has 3 aromatic rings. The normalized spacial score (nSPS) is 42.6. The molecule has 474 valence electrons. The zero-order valence-corrected chi connectivity index (χ0v) is 44.5. The summed E-state index contributed by atoms with van der Waals surface area (Å²) in [6.07, 6.45) is -54.7. The summed E-state index contributed by atoms with van der Waals surface area (Å²) in [5.41, 5.74) is -1.67. The molecule has 0 saturated carbocycles. The van der Waals surface area contributed by atoms with Gasteiger partial charge in [-0.25, -0.2) is 9.59 Å². The van der Waals surface area contributed by atoms with Crippen LogP contribution in [0.2, 0.25) is 0 Å². The summed E-state index contributed by atoms with van der Waals surface area (Å²) in [5, 5.41) is 192. The predicted molar refractivity (Wildman–Crippen MR) is 263 cm³/mol. The molecular formula is C50H64O35. The Labute approximate surface area is 476 Å². The van der Waals surface area contributed by atoms with Gasteiger partial charge in [0.05, 0.1) is 32.5 Å². The van der Waals surface area contributed by atoms with Gasteiger partial charge in [0.2, 0.25) is 18.3 Å². The van der Waals surface area contributed by atoms with Gasteiger partial charge in [-0.1, -0.05) is 0 Å². The van der Waals surface area contributed by atoms with Crippen LogP contribution in [0.1, 0.15) is 13.8 Å². The van der Waals surface area contributed by atoms with Crippen molar-refractivity contribution in [1.29, 1.82) is 0 Å². The summed E-state index contributed by atoms with van der Waals surface area (Å²) >= 11 is 0. The average Bonchev–Trinajstić information content (AvgIpc) is 1.06. The smallest absolute Gasteiger partial charge is 0.335 e. The molecule has 6 aliphatic rings. The Kier molecular flexibility index (Phi) is 19.4. The van der Waals surface area contributed by atoms with Gasteiger partial charge in [-0.2, -0.15) is 0 Å². The van der Waals surface area contributed by atoms with Crippen LogP contribution in [0, 0.1) is 0 Å². The molecule has 85 heavy (non-hydrogen) atoms. The summed E-state index contributed by atoms with van der Waals surface area (Å²) in [6, 6.07) is 4.88. The highest BCUT2D eigenvalue weighted by atomic mass is 16.8. The SMILES string of the molecule is COc1c(O[C@@H]2O[C@H](C(=O)O)[C@@H](O)[C@H](O[C@H]3OC[C@@H](O)[C@@H](O)[C@@H]3O)[C@H]2O[C@@H]2O[C@@H](C)[C@H](O)[C@@H](O)[C@H]2O)cc2oc(-c3ccc(O[C@@H]4O[C@H](C(=O)O)[C@@H](O)[C@H](O[C@@H]5OC[C@@H](O)[C@H](O)[C@H]5O)[C@H]4O[C@@H]4O[C@@H](C)[C@H](O)[C@@H](O)[C@H]4O)c(O)c3)cc(=O)c2c1O. The first-order valence-electron chi connectivity index (χ1n) is 26.1. The standard InChI is InChI=1S/C50H64O35/c1-11-23(55)28(60)32(64)47(75-11)84-41-37(80-45-30(62)25(57)16(53)9-73-45)34(66)39(43(68)69)82-49(41)78-18-5-4-13(6-14(18)51)19-7-15(52)22-20(77-19)8-21(36(72-3)27(22)59)79-50-42(85-48-33(65)29(61)24(56)12(2)76-48)38(35(67)40(83-50)44(70)71)81-46-31(63)26(58)17(54)10-74-46/h4-8,11-12,16-17,23-26,28-35,37-42,45-51,53-67H,9-10H2,1-3H3,(H,68,69)(H,70,71)/t11-,12-,16+,17+,23-,24-,25-,26+,28+,29+,30+,31-,32+,33+,34-,35-,37-,38-,39-,40-,41+,42+,45-,46+,47-,48-,49+,50+/m0/s1. The zero-order chi connectivity index (χ0) is 61.9. The van der Waals surface area contributed by atoms with Gasteiger partial charge in [-0.05, 0) is 32.0 Å². The van der Waals surface area contributed by atoms with Crippen molar-refractivity contribution in [3.05, 3.63) is 40.6 Å². The number of ether oxygens (including phenoxy) is 13. The Morgan fingerprint density at radius 3 is 1.36 bits per heavy atom. The Bertz CT molecular complexity index is 2890. The fraction of sp³-hybridized carbons (Fsp3) is 0.660. The molecule has 35 heteroatoms. The van der Waals surface area contributed by atoms with Crippen LogP contribution in [0.15, 0.2) is 39.5 Å². The number of carboxylic acid groups (broad SMARTS) is 2. The van der Waals surface area contributed by atoms with Crippen molar-refractivity contribution in [2.45, 2.75) is 186 Å². The summed E-state index contributed by atoms with van der Waals surface area (Å²) in [5.74, 6) is -7.78. The second-order valence-corrected chi connectivity index (χ2v) is 20.8. The lowest BCUT2D eigenvalue weighted by Gasteiger charge is -2.47. The van der Waals surface area contributed by atoms with Crippen LogP contribution >= 0.6 is 0 Å². The minimum Gasteiger partial charge on any atom is -0.504 e. The van der Waals surface area contributed by atoms with Crippen molar-refractivity contribution >= 4 is 22.9 Å². The maximum absolute atomic E-state index is 13.9. The van der Waals surface area contributed by atoms with Crippen LogP contribution < -0.4 is 19.6 Å². The molecule has 7 heterocycles. The number of hydrogen-bond acceptors (Lipinski definition) is 33. The van der Waals surface area contributed by atoms with E-state index in [1.54, 1.807) is 0 Å². The second-order valence-electron chi connectivity index (χ2n) is 20.8. The lowest BCUT2D eigenvalue weighted by Crippen LogP contribution is -2.67. The van der Waals surface area contributed by atoms with E-state index in [1.165, 1.54) is 13.8 Å². The molecule has 6 saturated heterocycles. The third-order valence-corrected chi connectivity index (χ3v) is 15.1. The molecule has 9 rings (SSSR count). The third-order valence-electron chi connectivity index (χ3n) is 15.1. The van der Waals surface area contributed by atoms with Gasteiger partial charge in [-0.15, -0.1) is 0 Å². The number of benzene rings is 2. The van der Waals surface area contributed by atoms with E-state index in [0.29, 0.717) is 0 Å². The monoisotopic (exact) mass is 1220 g/mol. The minimum atomic E-state index is -2.33. The van der Waals surface area contributed by atoms with E-state index in [2.05, 4.69) is 0 Å². The fourth-order valence-electron chi connectivity index (χ4n) is 10.2. The number of phenolic OH excluding ortho intramolecular Hbond substituents is 2. The van der Waals surface area contributed by atoms with E-state index in [9.17, 15) is 106 Å². The number of aromatic hydroxyl groups is 2. The maximum atomic E-state index is 13.9. The number of aliphatic hydroxyl groups excluding tert-OH is 14. The van der Waals surface area contributed by atoms with Crippen molar-refractivity contribution in [3.63, 3.8) is 0 Å². The van der Waals surface area contributed by atoms with Crippen LogP contribution in [-0.2, 0) is 57.0 Å². The first-order valence-corrected chi connectivity index (χ1v) is 26.1. The fourth-order valence-corrected chi connectivity index (χ4v) is 10.2. The molecular weight excluding hydrogens is 1160 g/mol. The molecule has 0 aliphatic carbocycles.